The van der Waals surface area contributed by atoms with Gasteiger partial charge >= 0.3 is 0 Å². The number of amides is 1. The van der Waals surface area contributed by atoms with Crippen molar-refractivity contribution in [1.29, 1.82) is 0 Å². The minimum Gasteiger partial charge on any atom is -0.370 e. The molecule has 0 saturated carbocycles. The Morgan fingerprint density at radius 3 is 2.86 bits per heavy atom. The second-order valence-corrected chi connectivity index (χ2v) is 6.55. The van der Waals surface area contributed by atoms with Gasteiger partial charge in [-0.1, -0.05) is 28.1 Å². The van der Waals surface area contributed by atoms with Crippen molar-refractivity contribution >= 4 is 33.2 Å². The van der Waals surface area contributed by atoms with Crippen LogP contribution in [0.3, 0.4) is 0 Å². The van der Waals surface area contributed by atoms with Crippen LogP contribution in [-0.2, 0) is 17.6 Å². The highest BCUT2D eigenvalue weighted by Gasteiger charge is 2.30. The molecule has 2 aromatic rings. The number of halogens is 1. The fourth-order valence-corrected chi connectivity index (χ4v) is 3.57. The largest absolute Gasteiger partial charge is 0.370 e. The number of rotatable bonds is 2. The Morgan fingerprint density at radius 1 is 1.10 bits per heavy atom. The topological polar surface area (TPSA) is 41.1 Å². The summed E-state index contributed by atoms with van der Waals surface area (Å²) in [7, 11) is 0. The lowest BCUT2D eigenvalue weighted by molar-refractivity contribution is -0.116. The zero-order chi connectivity index (χ0) is 14.4. The number of hydrogen-bond acceptors (Lipinski definition) is 2. The molecule has 1 atom stereocenters. The Bertz CT molecular complexity index is 742. The van der Waals surface area contributed by atoms with E-state index < -0.39 is 0 Å². The fourth-order valence-electron chi connectivity index (χ4n) is 3.21. The average molecular weight is 343 g/mol. The molecule has 3 nitrogen and oxygen atoms in total. The van der Waals surface area contributed by atoms with Crippen LogP contribution in [0.2, 0.25) is 0 Å². The van der Waals surface area contributed by atoms with Gasteiger partial charge in [0, 0.05) is 21.4 Å². The zero-order valence-corrected chi connectivity index (χ0v) is 13.0. The van der Waals surface area contributed by atoms with E-state index in [1.165, 1.54) is 24.0 Å². The van der Waals surface area contributed by atoms with Gasteiger partial charge in [-0.3, -0.25) is 4.79 Å². The van der Waals surface area contributed by atoms with Gasteiger partial charge in [0.2, 0.25) is 0 Å². The van der Waals surface area contributed by atoms with Gasteiger partial charge < -0.3 is 10.6 Å². The van der Waals surface area contributed by atoms with E-state index in [1.807, 2.05) is 18.2 Å². The second kappa shape index (κ2) is 4.88. The van der Waals surface area contributed by atoms with Gasteiger partial charge in [-0.15, -0.1) is 0 Å². The van der Waals surface area contributed by atoms with Crippen molar-refractivity contribution in [2.45, 2.75) is 25.3 Å². The van der Waals surface area contributed by atoms with Crippen LogP contribution in [0.4, 0.5) is 11.4 Å². The molecule has 4 rings (SSSR count). The molecule has 1 aliphatic heterocycles. The molecular formula is C17H15BrN2O. The number of benzene rings is 2. The molecule has 1 heterocycles. The molecule has 0 saturated heterocycles. The van der Waals surface area contributed by atoms with Gasteiger partial charge in [0.15, 0.2) is 0 Å². The predicted octanol–water partition coefficient (Wildman–Crippen LogP) is 4.04. The SMILES string of the molecule is O=C1Nc2cc(Br)ccc2C1Nc1ccc2c(c1)CCC2. The highest BCUT2D eigenvalue weighted by atomic mass is 79.9. The molecule has 2 N–H and O–H groups in total. The summed E-state index contributed by atoms with van der Waals surface area (Å²) in [6, 6.07) is 12.0. The van der Waals surface area contributed by atoms with Crippen LogP contribution in [0, 0.1) is 0 Å². The first-order chi connectivity index (χ1) is 10.2. The standard InChI is InChI=1S/C17H15BrN2O/c18-12-5-7-14-15(9-12)20-17(21)16(14)19-13-6-4-10-2-1-3-11(10)8-13/h4-9,16,19H,1-3H2,(H,20,21). The molecular weight excluding hydrogens is 328 g/mol. The van der Waals surface area contributed by atoms with Crippen LogP contribution in [0.5, 0.6) is 0 Å². The van der Waals surface area contributed by atoms with Gasteiger partial charge in [0.1, 0.15) is 6.04 Å². The molecule has 0 radical (unpaired) electrons. The number of hydrogen-bond donors (Lipinski definition) is 2. The third-order valence-electron chi connectivity index (χ3n) is 4.26. The number of nitrogens with one attached hydrogen (secondary N) is 2. The van der Waals surface area contributed by atoms with Crippen LogP contribution in [0.1, 0.15) is 29.2 Å². The van der Waals surface area contributed by atoms with E-state index in [2.05, 4.69) is 44.8 Å². The van der Waals surface area contributed by atoms with Crippen molar-refractivity contribution in [1.82, 2.24) is 0 Å². The smallest absolute Gasteiger partial charge is 0.251 e. The first-order valence-corrected chi connectivity index (χ1v) is 7.99. The quantitative estimate of drug-likeness (QED) is 0.864. The molecule has 0 bridgehead atoms. The van der Waals surface area contributed by atoms with Gasteiger partial charge in [-0.2, -0.15) is 0 Å². The van der Waals surface area contributed by atoms with E-state index in [9.17, 15) is 4.79 Å². The molecule has 21 heavy (non-hydrogen) atoms. The molecule has 0 spiro atoms. The third-order valence-corrected chi connectivity index (χ3v) is 4.75. The summed E-state index contributed by atoms with van der Waals surface area (Å²) in [5.74, 6) is 0.00333. The first kappa shape index (κ1) is 12.9. The van der Waals surface area contributed by atoms with Gasteiger partial charge in [-0.05, 0) is 54.7 Å². The second-order valence-electron chi connectivity index (χ2n) is 5.64. The molecule has 4 heteroatoms. The first-order valence-electron chi connectivity index (χ1n) is 7.19. The van der Waals surface area contributed by atoms with E-state index in [0.717, 1.165) is 27.8 Å². The summed E-state index contributed by atoms with van der Waals surface area (Å²) in [5.41, 5.74) is 5.76. The summed E-state index contributed by atoms with van der Waals surface area (Å²) >= 11 is 3.43. The zero-order valence-electron chi connectivity index (χ0n) is 11.4. The van der Waals surface area contributed by atoms with Crippen molar-refractivity contribution in [3.8, 4) is 0 Å². The fraction of sp³-hybridized carbons (Fsp3) is 0.235. The van der Waals surface area contributed by atoms with E-state index in [0.29, 0.717) is 0 Å². The summed E-state index contributed by atoms with van der Waals surface area (Å²) in [4.78, 5) is 12.2. The minimum atomic E-state index is -0.312. The van der Waals surface area contributed by atoms with Crippen molar-refractivity contribution in [2.75, 3.05) is 10.6 Å². The molecule has 0 aromatic heterocycles. The Hall–Kier alpha value is -1.81. The lowest BCUT2D eigenvalue weighted by Crippen LogP contribution is -2.19. The monoisotopic (exact) mass is 342 g/mol. The highest BCUT2D eigenvalue weighted by molar-refractivity contribution is 9.10. The average Bonchev–Trinajstić information content (AvgIpc) is 3.03. The normalized spacial score (nSPS) is 19.1. The molecule has 1 unspecified atom stereocenters. The Balaban J connectivity index is 1.64. The number of fused-ring (bicyclic) bond motifs is 2. The lowest BCUT2D eigenvalue weighted by Gasteiger charge is -2.14. The predicted molar refractivity (Wildman–Crippen MR) is 87.6 cm³/mol. The molecule has 2 aliphatic rings. The lowest BCUT2D eigenvalue weighted by atomic mass is 10.1. The number of carbonyl (C=O) groups excluding carboxylic acids is 1. The van der Waals surface area contributed by atoms with Crippen molar-refractivity contribution in [2.24, 2.45) is 0 Å². The van der Waals surface area contributed by atoms with Crippen LogP contribution >= 0.6 is 15.9 Å². The van der Waals surface area contributed by atoms with Gasteiger partial charge in [0.05, 0.1) is 0 Å². The van der Waals surface area contributed by atoms with Crippen molar-refractivity contribution in [3.05, 3.63) is 57.6 Å². The maximum absolute atomic E-state index is 12.2. The van der Waals surface area contributed by atoms with Gasteiger partial charge in [0.25, 0.3) is 5.91 Å². The summed E-state index contributed by atoms with van der Waals surface area (Å²) < 4.78 is 0.972. The van der Waals surface area contributed by atoms with Crippen LogP contribution in [-0.4, -0.2) is 5.91 Å². The molecule has 106 valence electrons. The van der Waals surface area contributed by atoms with E-state index in [-0.39, 0.29) is 11.9 Å². The van der Waals surface area contributed by atoms with Crippen molar-refractivity contribution in [3.63, 3.8) is 0 Å². The summed E-state index contributed by atoms with van der Waals surface area (Å²) in [5, 5.41) is 6.30. The number of aryl methyl sites for hydroxylation is 2. The summed E-state index contributed by atoms with van der Waals surface area (Å²) in [6.07, 6.45) is 3.56. The Kier molecular flexibility index (Phi) is 3.00. The number of anilines is 2. The van der Waals surface area contributed by atoms with Gasteiger partial charge in [-0.25, -0.2) is 0 Å². The Morgan fingerprint density at radius 2 is 1.95 bits per heavy atom. The minimum absolute atomic E-state index is 0.00333. The maximum atomic E-state index is 12.2. The van der Waals surface area contributed by atoms with Crippen LogP contribution in [0.15, 0.2) is 40.9 Å². The van der Waals surface area contributed by atoms with E-state index in [4.69, 9.17) is 0 Å². The molecule has 2 aromatic carbocycles. The third kappa shape index (κ3) is 2.23. The Labute approximate surface area is 131 Å². The molecule has 1 aliphatic carbocycles. The van der Waals surface area contributed by atoms with Crippen LogP contribution < -0.4 is 10.6 Å². The summed E-state index contributed by atoms with van der Waals surface area (Å²) in [6.45, 7) is 0. The molecule has 1 amide bonds. The van der Waals surface area contributed by atoms with Crippen LogP contribution in [0.25, 0.3) is 0 Å². The van der Waals surface area contributed by atoms with E-state index >= 15 is 0 Å². The highest BCUT2D eigenvalue weighted by Crippen LogP contribution is 2.35. The van der Waals surface area contributed by atoms with E-state index in [1.54, 1.807) is 0 Å². The molecule has 0 fully saturated rings. The maximum Gasteiger partial charge on any atom is 0.251 e. The van der Waals surface area contributed by atoms with Crippen molar-refractivity contribution < 1.29 is 4.79 Å². The number of carbonyl (C=O) groups is 1.